The van der Waals surface area contributed by atoms with Gasteiger partial charge in [-0.3, -0.25) is 0 Å². The predicted molar refractivity (Wildman–Crippen MR) is 74.3 cm³/mol. The molecule has 2 N–H and O–H groups in total. The molecule has 2 unspecified atom stereocenters. The highest BCUT2D eigenvalue weighted by molar-refractivity contribution is 9.10. The first kappa shape index (κ1) is 14.5. The monoisotopic (exact) mass is 301 g/mol. The van der Waals surface area contributed by atoms with Gasteiger partial charge in [0.2, 0.25) is 0 Å². The van der Waals surface area contributed by atoms with Gasteiger partial charge < -0.3 is 15.1 Å². The highest BCUT2D eigenvalue weighted by atomic mass is 79.9. The van der Waals surface area contributed by atoms with E-state index in [0.717, 1.165) is 22.3 Å². The van der Waals surface area contributed by atoms with Crippen LogP contribution in [0.3, 0.4) is 0 Å². The van der Waals surface area contributed by atoms with Crippen LogP contribution in [-0.4, -0.2) is 29.9 Å². The molecule has 4 heteroatoms. The molecule has 2 atom stereocenters. The lowest BCUT2D eigenvalue weighted by molar-refractivity contribution is 0.186. The molecule has 17 heavy (non-hydrogen) atoms. The molecular weight excluding hydrogens is 282 g/mol. The van der Waals surface area contributed by atoms with Gasteiger partial charge >= 0.3 is 0 Å². The largest absolute Gasteiger partial charge is 0.393 e. The van der Waals surface area contributed by atoms with E-state index in [1.807, 2.05) is 25.2 Å². The summed E-state index contributed by atoms with van der Waals surface area (Å²) in [5.74, 6) is 0. The summed E-state index contributed by atoms with van der Waals surface area (Å²) in [6.45, 7) is 4.30. The fourth-order valence-corrected chi connectivity index (χ4v) is 2.09. The third kappa shape index (κ3) is 4.30. The summed E-state index contributed by atoms with van der Waals surface area (Å²) in [6, 6.07) is 5.87. The van der Waals surface area contributed by atoms with Gasteiger partial charge in [-0.2, -0.15) is 0 Å². The standard InChI is InChI=1S/C13H20BrNO2/c1-9(16)6-7-15(3)13-5-4-11(14)8-12(13)10(2)17/h4-5,8-10,16-17H,6-7H2,1-3H3. The molecule has 1 rings (SSSR count). The summed E-state index contributed by atoms with van der Waals surface area (Å²) in [5, 5.41) is 19.0. The van der Waals surface area contributed by atoms with Crippen molar-refractivity contribution in [2.45, 2.75) is 32.5 Å². The van der Waals surface area contributed by atoms with Crippen molar-refractivity contribution in [3.05, 3.63) is 28.2 Å². The Balaban J connectivity index is 2.88. The number of benzene rings is 1. The summed E-state index contributed by atoms with van der Waals surface area (Å²) >= 11 is 3.41. The molecule has 0 heterocycles. The first-order valence-electron chi connectivity index (χ1n) is 5.78. The fraction of sp³-hybridized carbons (Fsp3) is 0.538. The molecule has 0 saturated heterocycles. The van der Waals surface area contributed by atoms with Crippen LogP contribution < -0.4 is 4.90 Å². The third-order valence-corrected chi connectivity index (χ3v) is 3.23. The third-order valence-electron chi connectivity index (χ3n) is 2.73. The number of aliphatic hydroxyl groups is 2. The van der Waals surface area contributed by atoms with Crippen LogP contribution in [0.15, 0.2) is 22.7 Å². The number of halogens is 1. The van der Waals surface area contributed by atoms with Crippen LogP contribution in [0.25, 0.3) is 0 Å². The zero-order chi connectivity index (χ0) is 13.0. The molecule has 0 bridgehead atoms. The molecular formula is C13H20BrNO2. The SMILES string of the molecule is CC(O)CCN(C)c1ccc(Br)cc1C(C)O. The van der Waals surface area contributed by atoms with E-state index in [1.165, 1.54) is 0 Å². The number of hydrogen-bond acceptors (Lipinski definition) is 3. The zero-order valence-electron chi connectivity index (χ0n) is 10.5. The molecule has 0 saturated carbocycles. The van der Waals surface area contributed by atoms with Gasteiger partial charge in [0.15, 0.2) is 0 Å². The molecule has 0 spiro atoms. The molecule has 96 valence electrons. The Labute approximate surface area is 111 Å². The molecule has 0 radical (unpaired) electrons. The van der Waals surface area contributed by atoms with Crippen LogP contribution in [0, 0.1) is 0 Å². The number of hydrogen-bond donors (Lipinski definition) is 2. The van der Waals surface area contributed by atoms with Gasteiger partial charge in [-0.25, -0.2) is 0 Å². The Bertz CT molecular complexity index is 366. The minimum absolute atomic E-state index is 0.303. The Morgan fingerprint density at radius 3 is 2.47 bits per heavy atom. The van der Waals surface area contributed by atoms with Gasteiger partial charge in [0.05, 0.1) is 12.2 Å². The quantitative estimate of drug-likeness (QED) is 0.879. The minimum Gasteiger partial charge on any atom is -0.393 e. The summed E-state index contributed by atoms with van der Waals surface area (Å²) in [7, 11) is 1.97. The normalized spacial score (nSPS) is 14.5. The first-order valence-corrected chi connectivity index (χ1v) is 6.58. The maximum atomic E-state index is 9.76. The van der Waals surface area contributed by atoms with Crippen LogP contribution in [0.4, 0.5) is 5.69 Å². The topological polar surface area (TPSA) is 43.7 Å². The molecule has 0 aliphatic carbocycles. The van der Waals surface area contributed by atoms with E-state index in [0.29, 0.717) is 6.42 Å². The fourth-order valence-electron chi connectivity index (χ4n) is 1.71. The minimum atomic E-state index is -0.503. The number of nitrogens with zero attached hydrogens (tertiary/aromatic N) is 1. The Morgan fingerprint density at radius 1 is 1.29 bits per heavy atom. The van der Waals surface area contributed by atoms with Crippen LogP contribution in [0.1, 0.15) is 31.9 Å². The van der Waals surface area contributed by atoms with Crippen molar-refractivity contribution >= 4 is 21.6 Å². The summed E-state index contributed by atoms with van der Waals surface area (Å²) in [6.07, 6.45) is -0.0920. The zero-order valence-corrected chi connectivity index (χ0v) is 12.1. The van der Waals surface area contributed by atoms with E-state index in [-0.39, 0.29) is 6.10 Å². The number of rotatable bonds is 5. The predicted octanol–water partition coefficient (Wildman–Crippen LogP) is 2.71. The lowest BCUT2D eigenvalue weighted by atomic mass is 10.1. The average molecular weight is 302 g/mol. The molecule has 0 fully saturated rings. The van der Waals surface area contributed by atoms with Crippen molar-refractivity contribution in [1.29, 1.82) is 0 Å². The van der Waals surface area contributed by atoms with Crippen LogP contribution in [0.2, 0.25) is 0 Å². The van der Waals surface area contributed by atoms with E-state index >= 15 is 0 Å². The van der Waals surface area contributed by atoms with Gasteiger partial charge in [-0.05, 0) is 38.5 Å². The second-order valence-electron chi connectivity index (χ2n) is 4.44. The second kappa shape index (κ2) is 6.38. The first-order chi connectivity index (χ1) is 7.91. The van der Waals surface area contributed by atoms with Crippen molar-refractivity contribution < 1.29 is 10.2 Å². The van der Waals surface area contributed by atoms with Gasteiger partial charge in [0, 0.05) is 29.3 Å². The Hall–Kier alpha value is -0.580. The van der Waals surface area contributed by atoms with Crippen molar-refractivity contribution in [2.24, 2.45) is 0 Å². The number of anilines is 1. The summed E-state index contributed by atoms with van der Waals surface area (Å²) < 4.78 is 0.959. The maximum Gasteiger partial charge on any atom is 0.0782 e. The molecule has 0 aliphatic rings. The van der Waals surface area contributed by atoms with E-state index in [9.17, 15) is 10.2 Å². The highest BCUT2D eigenvalue weighted by Crippen LogP contribution is 2.29. The molecule has 0 amide bonds. The summed E-state index contributed by atoms with van der Waals surface area (Å²) in [5.41, 5.74) is 1.90. The van der Waals surface area contributed by atoms with E-state index in [1.54, 1.807) is 13.8 Å². The molecule has 3 nitrogen and oxygen atoms in total. The Morgan fingerprint density at radius 2 is 1.94 bits per heavy atom. The van der Waals surface area contributed by atoms with Gasteiger partial charge in [0.25, 0.3) is 0 Å². The highest BCUT2D eigenvalue weighted by Gasteiger charge is 2.12. The second-order valence-corrected chi connectivity index (χ2v) is 5.35. The van der Waals surface area contributed by atoms with E-state index < -0.39 is 6.10 Å². The smallest absolute Gasteiger partial charge is 0.0782 e. The van der Waals surface area contributed by atoms with Crippen LogP contribution in [0.5, 0.6) is 0 Å². The van der Waals surface area contributed by atoms with Crippen molar-refractivity contribution in [3.8, 4) is 0 Å². The van der Waals surface area contributed by atoms with Gasteiger partial charge in [0.1, 0.15) is 0 Å². The van der Waals surface area contributed by atoms with Crippen molar-refractivity contribution in [3.63, 3.8) is 0 Å². The number of aliphatic hydroxyl groups excluding tert-OH is 2. The summed E-state index contributed by atoms with van der Waals surface area (Å²) in [4.78, 5) is 2.06. The molecule has 1 aromatic carbocycles. The van der Waals surface area contributed by atoms with E-state index in [4.69, 9.17) is 0 Å². The van der Waals surface area contributed by atoms with E-state index in [2.05, 4.69) is 20.8 Å². The lowest BCUT2D eigenvalue weighted by Gasteiger charge is -2.24. The van der Waals surface area contributed by atoms with Crippen molar-refractivity contribution in [1.82, 2.24) is 0 Å². The lowest BCUT2D eigenvalue weighted by Crippen LogP contribution is -2.23. The average Bonchev–Trinajstić information content (AvgIpc) is 2.25. The molecule has 0 aliphatic heterocycles. The van der Waals surface area contributed by atoms with Crippen LogP contribution >= 0.6 is 15.9 Å². The molecule has 0 aromatic heterocycles. The van der Waals surface area contributed by atoms with Gasteiger partial charge in [-0.1, -0.05) is 15.9 Å². The van der Waals surface area contributed by atoms with Gasteiger partial charge in [-0.15, -0.1) is 0 Å². The Kier molecular flexibility index (Phi) is 5.43. The van der Waals surface area contributed by atoms with Crippen LogP contribution in [-0.2, 0) is 0 Å². The van der Waals surface area contributed by atoms with Crippen molar-refractivity contribution in [2.75, 3.05) is 18.5 Å². The maximum absolute atomic E-state index is 9.76. The molecule has 1 aromatic rings.